The topological polar surface area (TPSA) is 74.2 Å². The highest BCUT2D eigenvalue weighted by Crippen LogP contribution is 2.17. The minimum Gasteiger partial charge on any atom is -0.444 e. The van der Waals surface area contributed by atoms with E-state index in [2.05, 4.69) is 16.7 Å². The summed E-state index contributed by atoms with van der Waals surface area (Å²) in [5.41, 5.74) is -0.479. The molecular formula is C12H21N3O2. The number of nitriles is 1. The summed E-state index contributed by atoms with van der Waals surface area (Å²) in [4.78, 5) is 11.5. The molecule has 1 fully saturated rings. The predicted octanol–water partition coefficient (Wildman–Crippen LogP) is 1.26. The molecule has 0 aliphatic carbocycles. The van der Waals surface area contributed by atoms with Gasteiger partial charge < -0.3 is 15.4 Å². The summed E-state index contributed by atoms with van der Waals surface area (Å²) >= 11 is 0. The van der Waals surface area contributed by atoms with Crippen LogP contribution in [0.2, 0.25) is 0 Å². The molecule has 2 atom stereocenters. The Hall–Kier alpha value is -1.28. The van der Waals surface area contributed by atoms with Crippen molar-refractivity contribution in [3.8, 4) is 6.07 Å². The van der Waals surface area contributed by atoms with Crippen LogP contribution in [0, 0.1) is 23.2 Å². The summed E-state index contributed by atoms with van der Waals surface area (Å²) in [7, 11) is 0. The third-order valence-electron chi connectivity index (χ3n) is 2.70. The van der Waals surface area contributed by atoms with Gasteiger partial charge >= 0.3 is 6.09 Å². The van der Waals surface area contributed by atoms with E-state index in [4.69, 9.17) is 10.00 Å². The van der Waals surface area contributed by atoms with Gasteiger partial charge in [0.2, 0.25) is 0 Å². The molecule has 2 N–H and O–H groups in total. The molecule has 1 heterocycles. The van der Waals surface area contributed by atoms with E-state index < -0.39 is 11.7 Å². The van der Waals surface area contributed by atoms with Crippen molar-refractivity contribution < 1.29 is 9.53 Å². The van der Waals surface area contributed by atoms with Crippen molar-refractivity contribution in [2.45, 2.75) is 32.8 Å². The lowest BCUT2D eigenvalue weighted by molar-refractivity contribution is 0.0512. The van der Waals surface area contributed by atoms with Gasteiger partial charge in [0.05, 0.1) is 12.0 Å². The monoisotopic (exact) mass is 239 g/mol. The van der Waals surface area contributed by atoms with Gasteiger partial charge in [-0.2, -0.15) is 5.26 Å². The molecule has 96 valence electrons. The SMILES string of the molecule is CC(C)(C)OC(=O)NC[C@@H]1CCNC[C@H]1C#N. The van der Waals surface area contributed by atoms with Gasteiger partial charge in [-0.05, 0) is 39.7 Å². The molecule has 0 aromatic rings. The van der Waals surface area contributed by atoms with Crippen LogP contribution in [-0.4, -0.2) is 31.3 Å². The van der Waals surface area contributed by atoms with E-state index in [1.54, 1.807) is 0 Å². The minimum atomic E-state index is -0.479. The van der Waals surface area contributed by atoms with Gasteiger partial charge in [-0.3, -0.25) is 0 Å². The number of nitrogens with zero attached hydrogens (tertiary/aromatic N) is 1. The first-order valence-electron chi connectivity index (χ1n) is 5.99. The standard InChI is InChI=1S/C12H21N3O2/c1-12(2,3)17-11(16)15-8-9-4-5-14-7-10(9)6-13/h9-10,14H,4-5,7-8H2,1-3H3,(H,15,16)/t9-,10+/m0/s1. The highest BCUT2D eigenvalue weighted by molar-refractivity contribution is 5.67. The fraction of sp³-hybridized carbons (Fsp3) is 0.833. The molecule has 0 aromatic carbocycles. The van der Waals surface area contributed by atoms with Crippen LogP contribution >= 0.6 is 0 Å². The molecule has 0 bridgehead atoms. The van der Waals surface area contributed by atoms with Crippen LogP contribution in [0.1, 0.15) is 27.2 Å². The molecule has 1 aliphatic heterocycles. The van der Waals surface area contributed by atoms with E-state index in [0.29, 0.717) is 13.1 Å². The van der Waals surface area contributed by atoms with Gasteiger partial charge in [-0.25, -0.2) is 4.79 Å². The van der Waals surface area contributed by atoms with Crippen LogP contribution < -0.4 is 10.6 Å². The molecule has 0 unspecified atom stereocenters. The van der Waals surface area contributed by atoms with Gasteiger partial charge in [0.1, 0.15) is 5.60 Å². The molecule has 0 aromatic heterocycles. The van der Waals surface area contributed by atoms with Gasteiger partial charge in [0.25, 0.3) is 0 Å². The zero-order chi connectivity index (χ0) is 12.9. The zero-order valence-electron chi connectivity index (χ0n) is 10.7. The number of amides is 1. The number of hydrogen-bond donors (Lipinski definition) is 2. The number of ether oxygens (including phenoxy) is 1. The molecule has 17 heavy (non-hydrogen) atoms. The molecule has 1 amide bonds. The fourth-order valence-corrected chi connectivity index (χ4v) is 1.84. The van der Waals surface area contributed by atoms with Gasteiger partial charge in [0.15, 0.2) is 0 Å². The lowest BCUT2D eigenvalue weighted by Crippen LogP contribution is -2.42. The fourth-order valence-electron chi connectivity index (χ4n) is 1.84. The van der Waals surface area contributed by atoms with Gasteiger partial charge in [-0.1, -0.05) is 0 Å². The molecule has 1 saturated heterocycles. The van der Waals surface area contributed by atoms with Gasteiger partial charge in [-0.15, -0.1) is 0 Å². The molecule has 0 radical (unpaired) electrons. The van der Waals surface area contributed by atoms with Crippen molar-refractivity contribution in [1.29, 1.82) is 5.26 Å². The maximum Gasteiger partial charge on any atom is 0.407 e. The van der Waals surface area contributed by atoms with Crippen LogP contribution in [-0.2, 0) is 4.74 Å². The van der Waals surface area contributed by atoms with Crippen molar-refractivity contribution in [3.63, 3.8) is 0 Å². The summed E-state index contributed by atoms with van der Waals surface area (Å²) in [6.07, 6.45) is 0.501. The third-order valence-corrected chi connectivity index (χ3v) is 2.70. The number of alkyl carbamates (subject to hydrolysis) is 1. The largest absolute Gasteiger partial charge is 0.444 e. The number of piperidine rings is 1. The lowest BCUT2D eigenvalue weighted by atomic mass is 9.87. The van der Waals surface area contributed by atoms with Crippen molar-refractivity contribution in [2.24, 2.45) is 11.8 Å². The third kappa shape index (κ3) is 5.05. The van der Waals surface area contributed by atoms with E-state index >= 15 is 0 Å². The quantitative estimate of drug-likeness (QED) is 0.760. The average molecular weight is 239 g/mol. The number of nitrogens with one attached hydrogen (secondary N) is 2. The Balaban J connectivity index is 2.34. The Morgan fingerprint density at radius 3 is 2.88 bits per heavy atom. The molecule has 5 heteroatoms. The second kappa shape index (κ2) is 5.87. The summed E-state index contributed by atoms with van der Waals surface area (Å²) in [6, 6.07) is 2.27. The first-order chi connectivity index (χ1) is 7.92. The highest BCUT2D eigenvalue weighted by atomic mass is 16.6. The lowest BCUT2D eigenvalue weighted by Gasteiger charge is -2.28. The van der Waals surface area contributed by atoms with Crippen LogP contribution in [0.15, 0.2) is 0 Å². The number of rotatable bonds is 2. The molecule has 1 aliphatic rings. The summed E-state index contributed by atoms with van der Waals surface area (Å²) in [6.45, 7) is 7.60. The number of hydrogen-bond acceptors (Lipinski definition) is 4. The first kappa shape index (κ1) is 13.8. The zero-order valence-corrected chi connectivity index (χ0v) is 10.7. The summed E-state index contributed by atoms with van der Waals surface area (Å²) in [5, 5.41) is 14.9. The Morgan fingerprint density at radius 2 is 2.29 bits per heavy atom. The molecule has 1 rings (SSSR count). The maximum absolute atomic E-state index is 11.5. The van der Waals surface area contributed by atoms with Crippen molar-refractivity contribution in [2.75, 3.05) is 19.6 Å². The summed E-state index contributed by atoms with van der Waals surface area (Å²) in [5.74, 6) is 0.187. The Morgan fingerprint density at radius 1 is 1.59 bits per heavy atom. The number of carbonyl (C=O) groups excluding carboxylic acids is 1. The van der Waals surface area contributed by atoms with Crippen LogP contribution in [0.5, 0.6) is 0 Å². The van der Waals surface area contributed by atoms with Crippen LogP contribution in [0.4, 0.5) is 4.79 Å². The Kier molecular flexibility index (Phi) is 4.76. The minimum absolute atomic E-state index is 0.0290. The average Bonchev–Trinajstić information content (AvgIpc) is 2.24. The molecule has 5 nitrogen and oxygen atoms in total. The van der Waals surface area contributed by atoms with Crippen LogP contribution in [0.25, 0.3) is 0 Å². The van der Waals surface area contributed by atoms with E-state index in [1.807, 2.05) is 20.8 Å². The van der Waals surface area contributed by atoms with Gasteiger partial charge in [0, 0.05) is 13.1 Å². The van der Waals surface area contributed by atoms with E-state index in [1.165, 1.54) is 0 Å². The first-order valence-corrected chi connectivity index (χ1v) is 5.99. The Bertz CT molecular complexity index is 304. The van der Waals surface area contributed by atoms with Crippen molar-refractivity contribution in [1.82, 2.24) is 10.6 Å². The maximum atomic E-state index is 11.5. The van der Waals surface area contributed by atoms with E-state index in [-0.39, 0.29) is 11.8 Å². The highest BCUT2D eigenvalue weighted by Gasteiger charge is 2.25. The smallest absolute Gasteiger partial charge is 0.407 e. The summed E-state index contributed by atoms with van der Waals surface area (Å²) < 4.78 is 5.15. The molecule has 0 spiro atoms. The molecular weight excluding hydrogens is 218 g/mol. The normalized spacial score (nSPS) is 24.8. The number of carbonyl (C=O) groups is 1. The Labute approximate surface area is 103 Å². The van der Waals surface area contributed by atoms with Crippen molar-refractivity contribution >= 4 is 6.09 Å². The predicted molar refractivity (Wildman–Crippen MR) is 64.3 cm³/mol. The van der Waals surface area contributed by atoms with Crippen LogP contribution in [0.3, 0.4) is 0 Å². The van der Waals surface area contributed by atoms with E-state index in [9.17, 15) is 4.79 Å². The second-order valence-electron chi connectivity index (χ2n) is 5.37. The second-order valence-corrected chi connectivity index (χ2v) is 5.37. The van der Waals surface area contributed by atoms with Crippen molar-refractivity contribution in [3.05, 3.63) is 0 Å². The molecule has 0 saturated carbocycles. The van der Waals surface area contributed by atoms with E-state index in [0.717, 1.165) is 13.0 Å².